The lowest BCUT2D eigenvalue weighted by Crippen LogP contribution is -2.51. The summed E-state index contributed by atoms with van der Waals surface area (Å²) < 4.78 is 0. The number of anilines is 1. The van der Waals surface area contributed by atoms with Gasteiger partial charge in [-0.05, 0) is 57.6 Å². The van der Waals surface area contributed by atoms with Crippen LogP contribution in [0.25, 0.3) is 10.2 Å². The molecule has 6 nitrogen and oxygen atoms in total. The molecule has 0 atom stereocenters. The molecule has 0 spiro atoms. The van der Waals surface area contributed by atoms with E-state index in [0.717, 1.165) is 42.3 Å². The molecule has 1 fully saturated rings. The second-order valence-corrected chi connectivity index (χ2v) is 8.52. The fourth-order valence-corrected chi connectivity index (χ4v) is 5.55. The van der Waals surface area contributed by atoms with Gasteiger partial charge in [0.25, 0.3) is 0 Å². The molecular weight excluding hydrogens is 348 g/mol. The molecule has 140 valence electrons. The van der Waals surface area contributed by atoms with Crippen LogP contribution < -0.4 is 5.32 Å². The van der Waals surface area contributed by atoms with E-state index in [0.29, 0.717) is 12.1 Å². The number of carboxylic acids is 1. The maximum Gasteiger partial charge on any atom is 0.317 e. The monoisotopic (exact) mass is 374 g/mol. The highest BCUT2D eigenvalue weighted by molar-refractivity contribution is 7.19. The lowest BCUT2D eigenvalue weighted by molar-refractivity contribution is -0.139. The lowest BCUT2D eigenvalue weighted by Gasteiger charge is -2.42. The minimum Gasteiger partial charge on any atom is -0.480 e. The minimum atomic E-state index is -0.749. The summed E-state index contributed by atoms with van der Waals surface area (Å²) in [5, 5.41) is 13.9. The van der Waals surface area contributed by atoms with E-state index < -0.39 is 5.97 Å². The van der Waals surface area contributed by atoms with Crippen molar-refractivity contribution in [3.8, 4) is 0 Å². The topological polar surface area (TPSA) is 78.4 Å². The standard InChI is InChI=1S/C19H26N4O2S/c1-3-23(10-16(24)25)13-8-12(9-13)22-18-17-14-6-4-5-7-15(14)26-19(17)21-11(2)20-18/h12-13H,3-10H2,1-2H3,(H,24,25)(H,20,21,22). The Hall–Kier alpha value is -1.73. The molecule has 0 aromatic carbocycles. The van der Waals surface area contributed by atoms with E-state index in [2.05, 4.69) is 10.3 Å². The molecule has 0 amide bonds. The van der Waals surface area contributed by atoms with Crippen molar-refractivity contribution in [1.29, 1.82) is 0 Å². The summed E-state index contributed by atoms with van der Waals surface area (Å²) in [6.45, 7) is 4.89. The average Bonchev–Trinajstić information content (AvgIpc) is 2.93. The molecule has 2 heterocycles. The van der Waals surface area contributed by atoms with Crippen molar-refractivity contribution < 1.29 is 9.90 Å². The Labute approximate surface area is 157 Å². The highest BCUT2D eigenvalue weighted by Gasteiger charge is 2.34. The SMILES string of the molecule is CCN(CC(=O)O)C1CC(Nc2nc(C)nc3sc4c(c23)CCCC4)C1. The molecule has 0 bridgehead atoms. The lowest BCUT2D eigenvalue weighted by atomic mass is 9.85. The largest absolute Gasteiger partial charge is 0.480 e. The van der Waals surface area contributed by atoms with Crippen LogP contribution in [-0.2, 0) is 17.6 Å². The van der Waals surface area contributed by atoms with Crippen LogP contribution in [-0.4, -0.2) is 51.1 Å². The number of thiophene rings is 1. The highest BCUT2D eigenvalue weighted by atomic mass is 32.1. The summed E-state index contributed by atoms with van der Waals surface area (Å²) in [5.41, 5.74) is 1.45. The third-order valence-corrected chi connectivity index (χ3v) is 6.83. The van der Waals surface area contributed by atoms with Gasteiger partial charge in [-0.2, -0.15) is 0 Å². The molecule has 4 rings (SSSR count). The predicted molar refractivity (Wildman–Crippen MR) is 104 cm³/mol. The van der Waals surface area contributed by atoms with E-state index in [9.17, 15) is 4.79 Å². The molecule has 2 N–H and O–H groups in total. The maximum absolute atomic E-state index is 11.0. The smallest absolute Gasteiger partial charge is 0.317 e. The van der Waals surface area contributed by atoms with Crippen molar-refractivity contribution in [3.05, 3.63) is 16.3 Å². The fourth-order valence-electron chi connectivity index (χ4n) is 4.24. The Kier molecular flexibility index (Phi) is 4.84. The van der Waals surface area contributed by atoms with Gasteiger partial charge in [0.05, 0.1) is 11.9 Å². The Bertz CT molecular complexity index is 829. The van der Waals surface area contributed by atoms with Crippen LogP contribution in [0.4, 0.5) is 5.82 Å². The minimum absolute atomic E-state index is 0.128. The van der Waals surface area contributed by atoms with Crippen molar-refractivity contribution >= 4 is 33.3 Å². The Morgan fingerprint density at radius 2 is 2.08 bits per heavy atom. The number of carboxylic acid groups (broad SMARTS) is 1. The zero-order chi connectivity index (χ0) is 18.3. The molecular formula is C19H26N4O2S. The quantitative estimate of drug-likeness (QED) is 0.808. The maximum atomic E-state index is 11.0. The number of aromatic nitrogens is 2. The van der Waals surface area contributed by atoms with Gasteiger partial charge in [-0.3, -0.25) is 9.69 Å². The number of rotatable bonds is 6. The molecule has 2 aromatic heterocycles. The van der Waals surface area contributed by atoms with E-state index in [4.69, 9.17) is 10.1 Å². The number of nitrogens with zero attached hydrogens (tertiary/aromatic N) is 3. The first-order chi connectivity index (χ1) is 12.5. The van der Waals surface area contributed by atoms with E-state index in [1.165, 1.54) is 35.1 Å². The number of fused-ring (bicyclic) bond motifs is 3. The summed E-state index contributed by atoms with van der Waals surface area (Å²) in [6, 6.07) is 0.711. The first kappa shape index (κ1) is 17.7. The van der Waals surface area contributed by atoms with Gasteiger partial charge in [0, 0.05) is 17.0 Å². The molecule has 26 heavy (non-hydrogen) atoms. The zero-order valence-electron chi connectivity index (χ0n) is 15.4. The van der Waals surface area contributed by atoms with Crippen LogP contribution in [0.5, 0.6) is 0 Å². The summed E-state index contributed by atoms with van der Waals surface area (Å²) in [5.74, 6) is 1.05. The van der Waals surface area contributed by atoms with E-state index in [1.54, 1.807) is 0 Å². The Morgan fingerprint density at radius 1 is 1.31 bits per heavy atom. The van der Waals surface area contributed by atoms with Gasteiger partial charge < -0.3 is 10.4 Å². The van der Waals surface area contributed by atoms with Gasteiger partial charge in [-0.15, -0.1) is 11.3 Å². The number of hydrogen-bond donors (Lipinski definition) is 2. The van der Waals surface area contributed by atoms with Gasteiger partial charge >= 0.3 is 5.97 Å². The average molecular weight is 375 g/mol. The van der Waals surface area contributed by atoms with Gasteiger partial charge in [0.15, 0.2) is 0 Å². The Balaban J connectivity index is 1.52. The first-order valence-electron chi connectivity index (χ1n) is 9.56. The van der Waals surface area contributed by atoms with Crippen molar-refractivity contribution in [1.82, 2.24) is 14.9 Å². The van der Waals surface area contributed by atoms with Crippen molar-refractivity contribution in [2.75, 3.05) is 18.4 Å². The second-order valence-electron chi connectivity index (χ2n) is 7.43. The number of aliphatic carboxylic acids is 1. The van der Waals surface area contributed by atoms with Gasteiger partial charge in [0.2, 0.25) is 0 Å². The molecule has 0 radical (unpaired) electrons. The number of hydrogen-bond acceptors (Lipinski definition) is 6. The normalized spacial score (nSPS) is 22.3. The van der Waals surface area contributed by atoms with E-state index in [-0.39, 0.29) is 6.54 Å². The summed E-state index contributed by atoms with van der Waals surface area (Å²) >= 11 is 1.83. The predicted octanol–water partition coefficient (Wildman–Crippen LogP) is 3.23. The third-order valence-electron chi connectivity index (χ3n) is 5.64. The molecule has 1 saturated carbocycles. The number of carbonyl (C=O) groups is 1. The molecule has 2 aliphatic carbocycles. The summed E-state index contributed by atoms with van der Waals surface area (Å²) in [4.78, 5) is 25.0. The van der Waals surface area contributed by atoms with Crippen molar-refractivity contribution in [2.45, 2.75) is 64.5 Å². The summed E-state index contributed by atoms with van der Waals surface area (Å²) in [6.07, 6.45) is 6.76. The van der Waals surface area contributed by atoms with Crippen molar-refractivity contribution in [3.63, 3.8) is 0 Å². The van der Waals surface area contributed by atoms with E-state index >= 15 is 0 Å². The molecule has 0 saturated heterocycles. The van der Waals surface area contributed by atoms with Gasteiger partial charge in [0.1, 0.15) is 16.5 Å². The molecule has 7 heteroatoms. The molecule has 0 unspecified atom stereocenters. The van der Waals surface area contributed by atoms with Crippen LogP contribution in [0.15, 0.2) is 0 Å². The van der Waals surface area contributed by atoms with Crippen LogP contribution in [0.2, 0.25) is 0 Å². The van der Waals surface area contributed by atoms with Crippen LogP contribution in [0.3, 0.4) is 0 Å². The third kappa shape index (κ3) is 3.30. The van der Waals surface area contributed by atoms with Crippen molar-refractivity contribution in [2.24, 2.45) is 0 Å². The summed E-state index contributed by atoms with van der Waals surface area (Å²) in [7, 11) is 0. The first-order valence-corrected chi connectivity index (χ1v) is 10.4. The zero-order valence-corrected chi connectivity index (χ0v) is 16.2. The number of aryl methyl sites for hydroxylation is 3. The van der Waals surface area contributed by atoms with Crippen LogP contribution >= 0.6 is 11.3 Å². The second kappa shape index (κ2) is 7.12. The van der Waals surface area contributed by atoms with Gasteiger partial charge in [-0.1, -0.05) is 6.92 Å². The molecule has 0 aliphatic heterocycles. The molecule has 2 aliphatic rings. The number of likely N-dealkylation sites (N-methyl/N-ethyl adjacent to an activating group) is 1. The van der Waals surface area contributed by atoms with E-state index in [1.807, 2.05) is 30.1 Å². The molecule has 2 aromatic rings. The highest BCUT2D eigenvalue weighted by Crippen LogP contribution is 2.39. The number of nitrogens with one attached hydrogen (secondary N) is 1. The fraction of sp³-hybridized carbons (Fsp3) is 0.632. The van der Waals surface area contributed by atoms with Gasteiger partial charge in [-0.25, -0.2) is 9.97 Å². The Morgan fingerprint density at radius 3 is 2.81 bits per heavy atom. The van der Waals surface area contributed by atoms with Crippen LogP contribution in [0, 0.1) is 6.92 Å². The van der Waals surface area contributed by atoms with Crippen LogP contribution in [0.1, 0.15) is 48.9 Å².